The van der Waals surface area contributed by atoms with Crippen molar-refractivity contribution in [1.29, 1.82) is 0 Å². The summed E-state index contributed by atoms with van der Waals surface area (Å²) in [5, 5.41) is 22.2. The number of carbonyl (C=O) groups excluding carboxylic acids is 1. The molecule has 7 nitrogen and oxygen atoms in total. The van der Waals surface area contributed by atoms with Crippen molar-refractivity contribution in [1.82, 2.24) is 10.3 Å². The molecule has 0 aliphatic rings. The molecule has 0 aliphatic carbocycles. The number of hydrogen-bond donors (Lipinski definition) is 4. The first-order valence-electron chi connectivity index (χ1n) is 7.08. The Morgan fingerprint density at radius 1 is 1.22 bits per heavy atom. The van der Waals surface area contributed by atoms with Crippen molar-refractivity contribution in [3.8, 4) is 0 Å². The van der Waals surface area contributed by atoms with Crippen LogP contribution in [0.25, 0.3) is 0 Å². The van der Waals surface area contributed by atoms with Gasteiger partial charge in [-0.15, -0.1) is 0 Å². The van der Waals surface area contributed by atoms with Crippen molar-refractivity contribution in [2.45, 2.75) is 18.8 Å². The number of alkyl carbamates (subject to hydrolysis) is 1. The van der Waals surface area contributed by atoms with E-state index in [-0.39, 0.29) is 18.8 Å². The van der Waals surface area contributed by atoms with Crippen LogP contribution < -0.4 is 11.1 Å². The van der Waals surface area contributed by atoms with Crippen molar-refractivity contribution in [3.63, 3.8) is 0 Å². The van der Waals surface area contributed by atoms with Gasteiger partial charge in [0.15, 0.2) is 0 Å². The first kappa shape index (κ1) is 16.7. The van der Waals surface area contributed by atoms with Gasteiger partial charge in [0, 0.05) is 6.54 Å². The molecule has 0 saturated heterocycles. The Balaban J connectivity index is 1.75. The van der Waals surface area contributed by atoms with E-state index < -0.39 is 18.3 Å². The summed E-state index contributed by atoms with van der Waals surface area (Å²) < 4.78 is 5.00. The van der Waals surface area contributed by atoms with Gasteiger partial charge in [-0.25, -0.2) is 4.79 Å². The molecular formula is C16H19N3O4. The zero-order valence-electron chi connectivity index (χ0n) is 12.4. The second-order valence-electron chi connectivity index (χ2n) is 4.97. The third kappa shape index (κ3) is 5.24. The highest BCUT2D eigenvalue weighted by atomic mass is 16.5. The summed E-state index contributed by atoms with van der Waals surface area (Å²) in [6.45, 7) is -0.0360. The number of rotatable bonds is 6. The van der Waals surface area contributed by atoms with Gasteiger partial charge in [-0.3, -0.25) is 4.98 Å². The fourth-order valence-electron chi connectivity index (χ4n) is 1.86. The van der Waals surface area contributed by atoms with Gasteiger partial charge < -0.3 is 26.0 Å². The standard InChI is InChI=1S/C16H19N3O4/c17-12-6-7-13(18-8-12)15(21)14(20)9-19-16(22)23-10-11-4-2-1-3-5-11/h1-8,14-15,20-21H,9-10,17H2,(H,19,22). The lowest BCUT2D eigenvalue weighted by Gasteiger charge is -2.17. The number of nitrogens with one attached hydrogen (secondary N) is 1. The van der Waals surface area contributed by atoms with Crippen molar-refractivity contribution in [2.75, 3.05) is 12.3 Å². The van der Waals surface area contributed by atoms with E-state index in [0.717, 1.165) is 5.56 Å². The third-order valence-corrected chi connectivity index (χ3v) is 3.15. The molecule has 0 fully saturated rings. The first-order chi connectivity index (χ1) is 11.1. The summed E-state index contributed by atoms with van der Waals surface area (Å²) in [6, 6.07) is 12.3. The normalized spacial score (nSPS) is 13.1. The van der Waals surface area contributed by atoms with Crippen LogP contribution in [0.4, 0.5) is 10.5 Å². The number of ether oxygens (including phenoxy) is 1. The van der Waals surface area contributed by atoms with Crippen molar-refractivity contribution in [3.05, 3.63) is 59.9 Å². The molecule has 23 heavy (non-hydrogen) atoms. The Kier molecular flexibility index (Phi) is 5.90. The molecule has 122 valence electrons. The van der Waals surface area contributed by atoms with Gasteiger partial charge in [0.25, 0.3) is 0 Å². The minimum atomic E-state index is -1.23. The molecule has 1 aromatic carbocycles. The third-order valence-electron chi connectivity index (χ3n) is 3.15. The number of carbonyl (C=O) groups is 1. The highest BCUT2D eigenvalue weighted by molar-refractivity contribution is 5.67. The maximum atomic E-state index is 11.6. The van der Waals surface area contributed by atoms with Crippen LogP contribution in [0, 0.1) is 0 Å². The molecule has 1 aromatic heterocycles. The second-order valence-corrected chi connectivity index (χ2v) is 4.97. The SMILES string of the molecule is Nc1ccc(C(O)C(O)CNC(=O)OCc2ccccc2)nc1. The maximum Gasteiger partial charge on any atom is 0.407 e. The largest absolute Gasteiger partial charge is 0.445 e. The molecule has 0 spiro atoms. The number of anilines is 1. The molecular weight excluding hydrogens is 298 g/mol. The fraction of sp³-hybridized carbons (Fsp3) is 0.250. The summed E-state index contributed by atoms with van der Waals surface area (Å²) >= 11 is 0. The maximum absolute atomic E-state index is 11.6. The lowest BCUT2D eigenvalue weighted by molar-refractivity contribution is 0.0159. The average molecular weight is 317 g/mol. The van der Waals surface area contributed by atoms with E-state index in [2.05, 4.69) is 10.3 Å². The predicted molar refractivity (Wildman–Crippen MR) is 84.2 cm³/mol. The van der Waals surface area contributed by atoms with E-state index in [1.165, 1.54) is 12.3 Å². The van der Waals surface area contributed by atoms with Gasteiger partial charge >= 0.3 is 6.09 Å². The number of nitrogens with zero attached hydrogens (tertiary/aromatic N) is 1. The van der Waals surface area contributed by atoms with Gasteiger partial charge in [0.05, 0.1) is 17.6 Å². The summed E-state index contributed by atoms with van der Waals surface area (Å²) in [6.07, 6.45) is -1.74. The zero-order valence-corrected chi connectivity index (χ0v) is 12.4. The quantitative estimate of drug-likeness (QED) is 0.631. The molecule has 2 rings (SSSR count). The number of nitrogen functional groups attached to an aromatic ring is 1. The molecule has 2 atom stereocenters. The van der Waals surface area contributed by atoms with E-state index in [9.17, 15) is 15.0 Å². The predicted octanol–water partition coefficient (Wildman–Crippen LogP) is 0.985. The molecule has 1 heterocycles. The first-order valence-corrected chi connectivity index (χ1v) is 7.08. The number of amides is 1. The van der Waals surface area contributed by atoms with Crippen LogP contribution in [0.1, 0.15) is 17.4 Å². The Bertz CT molecular complexity index is 619. The van der Waals surface area contributed by atoms with Gasteiger partial charge in [-0.1, -0.05) is 30.3 Å². The fourth-order valence-corrected chi connectivity index (χ4v) is 1.86. The summed E-state index contributed by atoms with van der Waals surface area (Å²) in [5.74, 6) is 0. The lowest BCUT2D eigenvalue weighted by atomic mass is 10.1. The molecule has 1 amide bonds. The highest BCUT2D eigenvalue weighted by Crippen LogP contribution is 2.15. The van der Waals surface area contributed by atoms with Crippen LogP contribution >= 0.6 is 0 Å². The molecule has 2 aromatic rings. The van der Waals surface area contributed by atoms with Crippen LogP contribution in [-0.4, -0.2) is 33.9 Å². The number of nitrogens with two attached hydrogens (primary N) is 1. The van der Waals surface area contributed by atoms with Crippen molar-refractivity contribution < 1.29 is 19.7 Å². The van der Waals surface area contributed by atoms with Crippen LogP contribution in [-0.2, 0) is 11.3 Å². The van der Waals surface area contributed by atoms with E-state index in [0.29, 0.717) is 5.69 Å². The number of benzene rings is 1. The molecule has 0 radical (unpaired) electrons. The molecule has 0 saturated carbocycles. The average Bonchev–Trinajstić information content (AvgIpc) is 2.58. The lowest BCUT2D eigenvalue weighted by Crippen LogP contribution is -2.36. The van der Waals surface area contributed by atoms with E-state index in [4.69, 9.17) is 10.5 Å². The van der Waals surface area contributed by atoms with E-state index >= 15 is 0 Å². The minimum Gasteiger partial charge on any atom is -0.445 e. The number of aromatic nitrogens is 1. The van der Waals surface area contributed by atoms with Crippen LogP contribution in [0.2, 0.25) is 0 Å². The number of pyridine rings is 1. The zero-order chi connectivity index (χ0) is 16.7. The minimum absolute atomic E-state index is 0.130. The highest BCUT2D eigenvalue weighted by Gasteiger charge is 2.20. The Hall–Kier alpha value is -2.64. The van der Waals surface area contributed by atoms with E-state index in [1.807, 2.05) is 30.3 Å². The number of hydrogen-bond acceptors (Lipinski definition) is 6. The molecule has 7 heteroatoms. The topological polar surface area (TPSA) is 118 Å². The number of aliphatic hydroxyl groups excluding tert-OH is 2. The second kappa shape index (κ2) is 8.11. The Morgan fingerprint density at radius 2 is 1.96 bits per heavy atom. The van der Waals surface area contributed by atoms with Gasteiger partial charge in [-0.05, 0) is 17.7 Å². The van der Waals surface area contributed by atoms with E-state index in [1.54, 1.807) is 6.07 Å². The molecule has 0 aliphatic heterocycles. The van der Waals surface area contributed by atoms with Crippen LogP contribution in [0.15, 0.2) is 48.7 Å². The summed E-state index contributed by atoms with van der Waals surface area (Å²) in [4.78, 5) is 15.5. The monoisotopic (exact) mass is 317 g/mol. The number of aliphatic hydroxyl groups is 2. The van der Waals surface area contributed by atoms with Gasteiger partial charge in [0.2, 0.25) is 0 Å². The van der Waals surface area contributed by atoms with Crippen LogP contribution in [0.3, 0.4) is 0 Å². The molecule has 2 unspecified atom stereocenters. The van der Waals surface area contributed by atoms with Crippen molar-refractivity contribution >= 4 is 11.8 Å². The summed E-state index contributed by atoms with van der Waals surface area (Å²) in [7, 11) is 0. The van der Waals surface area contributed by atoms with Gasteiger partial charge in [-0.2, -0.15) is 0 Å². The smallest absolute Gasteiger partial charge is 0.407 e. The summed E-state index contributed by atoms with van der Waals surface area (Å²) in [5.41, 5.74) is 7.08. The Labute approximate surface area is 133 Å². The van der Waals surface area contributed by atoms with Crippen LogP contribution in [0.5, 0.6) is 0 Å². The molecule has 5 N–H and O–H groups in total. The van der Waals surface area contributed by atoms with Crippen molar-refractivity contribution in [2.24, 2.45) is 0 Å². The Morgan fingerprint density at radius 3 is 2.61 bits per heavy atom. The molecule has 0 bridgehead atoms. The van der Waals surface area contributed by atoms with Gasteiger partial charge in [0.1, 0.15) is 18.8 Å².